The van der Waals surface area contributed by atoms with Crippen LogP contribution in [0.5, 0.6) is 5.75 Å². The zero-order chi connectivity index (χ0) is 16.0. The van der Waals surface area contributed by atoms with Crippen molar-refractivity contribution in [2.24, 2.45) is 0 Å². The van der Waals surface area contributed by atoms with Gasteiger partial charge in [-0.2, -0.15) is 0 Å². The topological polar surface area (TPSA) is 9.23 Å². The van der Waals surface area contributed by atoms with Crippen LogP contribution in [0.2, 0.25) is 11.1 Å². The highest BCUT2D eigenvalue weighted by atomic mass is 127. The molecule has 2 rings (SSSR count). The molecule has 0 spiro atoms. The van der Waals surface area contributed by atoms with Gasteiger partial charge in [-0.25, -0.2) is 0 Å². The zero-order valence-corrected chi connectivity index (χ0v) is 16.7. The summed E-state index contributed by atoms with van der Waals surface area (Å²) >= 11 is 2.38. The number of hydrogen-bond acceptors (Lipinski definition) is 1. The van der Waals surface area contributed by atoms with E-state index in [1.165, 1.54) is 20.7 Å². The van der Waals surface area contributed by atoms with Crippen molar-refractivity contribution in [3.8, 4) is 16.9 Å². The molecule has 0 aliphatic carbocycles. The van der Waals surface area contributed by atoms with Crippen molar-refractivity contribution < 1.29 is 4.74 Å². The van der Waals surface area contributed by atoms with E-state index in [-0.39, 0.29) is 0 Å². The fourth-order valence-corrected chi connectivity index (χ4v) is 3.92. The summed E-state index contributed by atoms with van der Waals surface area (Å²) in [4.78, 5) is 0. The van der Waals surface area contributed by atoms with Crippen molar-refractivity contribution in [1.82, 2.24) is 0 Å². The molecule has 0 bridgehead atoms. The number of hydrogen-bond donors (Lipinski definition) is 0. The Kier molecular flexibility index (Phi) is 6.50. The van der Waals surface area contributed by atoms with Gasteiger partial charge in [0.25, 0.3) is 0 Å². The lowest BCUT2D eigenvalue weighted by atomic mass is 10.1. The first-order valence-corrected chi connectivity index (χ1v) is 9.97. The molecule has 0 N–H and O–H groups in total. The number of benzene rings is 2. The molecule has 0 aliphatic heterocycles. The lowest BCUT2D eigenvalue weighted by molar-refractivity contribution is 0.317. The van der Waals surface area contributed by atoms with Gasteiger partial charge < -0.3 is 4.74 Å². The molecule has 1 nitrogen and oxygen atoms in total. The molecule has 0 aromatic heterocycles. The van der Waals surface area contributed by atoms with Gasteiger partial charge in [-0.3, -0.25) is 0 Å². The van der Waals surface area contributed by atoms with Crippen molar-refractivity contribution >= 4 is 32.1 Å². The van der Waals surface area contributed by atoms with Gasteiger partial charge in [0.05, 0.1) is 6.61 Å². The van der Waals surface area contributed by atoms with E-state index in [2.05, 4.69) is 91.9 Å². The Morgan fingerprint density at radius 3 is 2.32 bits per heavy atom. The van der Waals surface area contributed by atoms with E-state index in [1.807, 2.05) is 0 Å². The molecule has 0 atom stereocenters. The molecule has 0 heterocycles. The van der Waals surface area contributed by atoms with E-state index in [1.54, 1.807) is 0 Å². The Balaban J connectivity index is 1.84. The number of halogens is 1. The molecule has 0 saturated carbocycles. The van der Waals surface area contributed by atoms with Crippen LogP contribution >= 0.6 is 22.6 Å². The Labute approximate surface area is 150 Å². The van der Waals surface area contributed by atoms with E-state index in [0.29, 0.717) is 5.04 Å². The van der Waals surface area contributed by atoms with Gasteiger partial charge in [-0.05, 0) is 63.4 Å². The van der Waals surface area contributed by atoms with Gasteiger partial charge in [-0.1, -0.05) is 57.1 Å². The molecule has 22 heavy (non-hydrogen) atoms. The van der Waals surface area contributed by atoms with Gasteiger partial charge in [0, 0.05) is 13.1 Å². The van der Waals surface area contributed by atoms with E-state index in [9.17, 15) is 0 Å². The molecular formula is C19H23IOSi. The second kappa shape index (κ2) is 8.16. The van der Waals surface area contributed by atoms with Crippen molar-refractivity contribution in [3.63, 3.8) is 0 Å². The third kappa shape index (κ3) is 5.76. The zero-order valence-electron chi connectivity index (χ0n) is 13.5. The molecule has 0 aliphatic rings. The van der Waals surface area contributed by atoms with Gasteiger partial charge >= 0.3 is 0 Å². The van der Waals surface area contributed by atoms with Crippen LogP contribution < -0.4 is 4.74 Å². The predicted octanol–water partition coefficient (Wildman–Crippen LogP) is 6.07. The van der Waals surface area contributed by atoms with Crippen LogP contribution in [0, 0.1) is 3.57 Å². The monoisotopic (exact) mass is 422 g/mol. The molecular weight excluding hydrogens is 399 g/mol. The van der Waals surface area contributed by atoms with E-state index >= 15 is 0 Å². The van der Waals surface area contributed by atoms with Gasteiger partial charge in [0.1, 0.15) is 5.75 Å². The molecule has 0 amide bonds. The Hall–Kier alpha value is -0.813. The first-order chi connectivity index (χ1) is 10.5. The summed E-state index contributed by atoms with van der Waals surface area (Å²) in [5, 5.41) is 0.453. The molecule has 2 aromatic carbocycles. The highest BCUT2D eigenvalue weighted by Gasteiger charge is 2.10. The molecule has 0 unspecified atom stereocenters. The number of ether oxygens (including phenoxy) is 1. The second-order valence-electron chi connectivity index (χ2n) is 6.38. The predicted molar refractivity (Wildman–Crippen MR) is 105 cm³/mol. The van der Waals surface area contributed by atoms with Crippen molar-refractivity contribution in [2.75, 3.05) is 6.61 Å². The van der Waals surface area contributed by atoms with Crippen LogP contribution in [0.25, 0.3) is 11.1 Å². The fraction of sp³-hybridized carbons (Fsp3) is 0.368. The quantitative estimate of drug-likeness (QED) is 0.312. The molecule has 0 saturated heterocycles. The minimum atomic E-state index is 0.453. The molecule has 0 fully saturated rings. The highest BCUT2D eigenvalue weighted by Crippen LogP contribution is 2.27. The average Bonchev–Trinajstić information content (AvgIpc) is 2.47. The third-order valence-electron chi connectivity index (χ3n) is 3.28. The number of rotatable bonds is 6. The van der Waals surface area contributed by atoms with Crippen molar-refractivity contribution in [2.45, 2.75) is 38.3 Å². The molecule has 2 radical (unpaired) electrons. The van der Waals surface area contributed by atoms with Crippen LogP contribution in [0.4, 0.5) is 0 Å². The highest BCUT2D eigenvalue weighted by molar-refractivity contribution is 14.1. The lowest BCUT2D eigenvalue weighted by Crippen LogP contribution is -2.09. The summed E-state index contributed by atoms with van der Waals surface area (Å²) in [6.07, 6.45) is 1.13. The Bertz CT molecular complexity index is 587. The Morgan fingerprint density at radius 2 is 1.68 bits per heavy atom. The summed E-state index contributed by atoms with van der Waals surface area (Å²) in [6.45, 7) is 7.72. The third-order valence-corrected chi connectivity index (χ3v) is 5.89. The smallest absolute Gasteiger partial charge is 0.119 e. The maximum atomic E-state index is 5.84. The van der Waals surface area contributed by atoms with Gasteiger partial charge in [-0.15, -0.1) is 0 Å². The van der Waals surface area contributed by atoms with Crippen molar-refractivity contribution in [3.05, 3.63) is 52.1 Å². The minimum Gasteiger partial charge on any atom is -0.494 e. The maximum absolute atomic E-state index is 5.84. The molecule has 116 valence electrons. The summed E-state index contributed by atoms with van der Waals surface area (Å²) in [7, 11) is 1.01. The average molecular weight is 422 g/mol. The maximum Gasteiger partial charge on any atom is 0.119 e. The van der Waals surface area contributed by atoms with E-state index in [0.717, 1.165) is 28.3 Å². The van der Waals surface area contributed by atoms with Crippen LogP contribution in [-0.4, -0.2) is 16.1 Å². The van der Waals surface area contributed by atoms with Gasteiger partial charge in [0.2, 0.25) is 0 Å². The normalized spacial score (nSPS) is 11.5. The molecule has 2 aromatic rings. The standard InChI is InChI=1S/C19H23IOSi/c1-19(2,3)22-14-6-13-21-16-11-9-15(10-12-16)17-7-4-5-8-18(17)20/h4-5,7-12H,6,13-14H2,1-3H3. The molecule has 3 heteroatoms. The van der Waals surface area contributed by atoms with Crippen molar-refractivity contribution in [1.29, 1.82) is 0 Å². The van der Waals surface area contributed by atoms with Crippen LogP contribution in [0.3, 0.4) is 0 Å². The lowest BCUT2D eigenvalue weighted by Gasteiger charge is -2.16. The Morgan fingerprint density at radius 1 is 1.00 bits per heavy atom. The first kappa shape index (κ1) is 17.5. The van der Waals surface area contributed by atoms with Crippen LogP contribution in [0.15, 0.2) is 48.5 Å². The van der Waals surface area contributed by atoms with Crippen LogP contribution in [0.1, 0.15) is 27.2 Å². The second-order valence-corrected chi connectivity index (χ2v) is 9.90. The largest absolute Gasteiger partial charge is 0.494 e. The fourth-order valence-electron chi connectivity index (χ4n) is 2.15. The summed E-state index contributed by atoms with van der Waals surface area (Å²) in [5.74, 6) is 0.966. The first-order valence-electron chi connectivity index (χ1n) is 7.68. The minimum absolute atomic E-state index is 0.453. The van der Waals surface area contributed by atoms with E-state index in [4.69, 9.17) is 4.74 Å². The van der Waals surface area contributed by atoms with Crippen LogP contribution in [-0.2, 0) is 0 Å². The summed E-state index contributed by atoms with van der Waals surface area (Å²) in [6, 6.07) is 18.1. The summed E-state index contributed by atoms with van der Waals surface area (Å²) in [5.41, 5.74) is 2.52. The summed E-state index contributed by atoms with van der Waals surface area (Å²) < 4.78 is 7.12. The van der Waals surface area contributed by atoms with Gasteiger partial charge in [0.15, 0.2) is 0 Å². The van der Waals surface area contributed by atoms with E-state index < -0.39 is 0 Å². The SMILES string of the molecule is CC(C)(C)[Si]CCCOc1ccc(-c2ccccc2I)cc1.